The third-order valence-electron chi connectivity index (χ3n) is 2.31. The Morgan fingerprint density at radius 1 is 1.20 bits per heavy atom. The van der Waals surface area contributed by atoms with Crippen LogP contribution in [0.2, 0.25) is 0 Å². The maximum Gasteiger partial charge on any atom is 0.263 e. The summed E-state index contributed by atoms with van der Waals surface area (Å²) >= 11 is 3.08. The van der Waals surface area contributed by atoms with Crippen LogP contribution < -0.4 is 10.5 Å². The van der Waals surface area contributed by atoms with Crippen molar-refractivity contribution < 1.29 is 17.2 Å². The number of benzene rings is 1. The van der Waals surface area contributed by atoms with E-state index in [-0.39, 0.29) is 10.6 Å². The van der Waals surface area contributed by atoms with Crippen molar-refractivity contribution in [1.29, 1.82) is 0 Å². The standard InChI is InChI=1S/C11H8BrF2N3O2S/c12-6-1-8(5-16-4-6)20(18,19)17-11-9(14)2-7(13)3-10(11)15/h1-5,17H,15H2. The van der Waals surface area contributed by atoms with E-state index in [9.17, 15) is 17.2 Å². The van der Waals surface area contributed by atoms with Crippen LogP contribution in [0.15, 0.2) is 40.0 Å². The highest BCUT2D eigenvalue weighted by Crippen LogP contribution is 2.27. The van der Waals surface area contributed by atoms with Crippen LogP contribution >= 0.6 is 15.9 Å². The Kier molecular flexibility index (Phi) is 3.91. The first-order chi connectivity index (χ1) is 9.29. The Morgan fingerprint density at radius 3 is 2.50 bits per heavy atom. The summed E-state index contributed by atoms with van der Waals surface area (Å²) in [4.78, 5) is 3.51. The van der Waals surface area contributed by atoms with E-state index >= 15 is 0 Å². The molecule has 1 aromatic carbocycles. The Balaban J connectivity index is 2.44. The summed E-state index contributed by atoms with van der Waals surface area (Å²) < 4.78 is 53.0. The van der Waals surface area contributed by atoms with Crippen molar-refractivity contribution in [3.8, 4) is 0 Å². The lowest BCUT2D eigenvalue weighted by molar-refractivity contribution is 0.583. The van der Waals surface area contributed by atoms with Gasteiger partial charge in [-0.25, -0.2) is 17.2 Å². The van der Waals surface area contributed by atoms with Crippen LogP contribution in [0, 0.1) is 11.6 Å². The van der Waals surface area contributed by atoms with Gasteiger partial charge in [0.1, 0.15) is 16.4 Å². The Morgan fingerprint density at radius 2 is 1.90 bits per heavy atom. The topological polar surface area (TPSA) is 85.1 Å². The molecule has 0 fully saturated rings. The maximum absolute atomic E-state index is 13.6. The zero-order valence-corrected chi connectivity index (χ0v) is 12.2. The van der Waals surface area contributed by atoms with Gasteiger partial charge in [-0.2, -0.15) is 0 Å². The van der Waals surface area contributed by atoms with Crippen LogP contribution in [-0.2, 0) is 10.0 Å². The summed E-state index contributed by atoms with van der Waals surface area (Å²) in [5.74, 6) is -2.00. The predicted molar refractivity (Wildman–Crippen MR) is 73.5 cm³/mol. The normalized spacial score (nSPS) is 11.3. The number of nitrogens with two attached hydrogens (primary N) is 1. The zero-order valence-electron chi connectivity index (χ0n) is 9.77. The van der Waals surface area contributed by atoms with Gasteiger partial charge in [0.2, 0.25) is 0 Å². The van der Waals surface area contributed by atoms with Crippen molar-refractivity contribution in [2.75, 3.05) is 10.5 Å². The van der Waals surface area contributed by atoms with Crippen molar-refractivity contribution in [3.05, 3.63) is 46.7 Å². The highest BCUT2D eigenvalue weighted by Gasteiger charge is 2.19. The molecule has 0 amide bonds. The molecule has 0 saturated heterocycles. The van der Waals surface area contributed by atoms with Gasteiger partial charge in [-0.05, 0) is 28.1 Å². The fraction of sp³-hybridized carbons (Fsp3) is 0. The molecule has 0 radical (unpaired) electrons. The van der Waals surface area contributed by atoms with Crippen LogP contribution in [0.25, 0.3) is 0 Å². The SMILES string of the molecule is Nc1cc(F)cc(F)c1NS(=O)(=O)c1cncc(Br)c1. The molecule has 0 saturated carbocycles. The summed E-state index contributed by atoms with van der Waals surface area (Å²) in [6.45, 7) is 0. The second kappa shape index (κ2) is 5.33. The number of halogens is 3. The minimum atomic E-state index is -4.08. The fourth-order valence-corrected chi connectivity index (χ4v) is 3.03. The lowest BCUT2D eigenvalue weighted by Gasteiger charge is -2.11. The second-order valence-corrected chi connectivity index (χ2v) is 6.39. The molecular formula is C11H8BrF2N3O2S. The second-order valence-electron chi connectivity index (χ2n) is 3.80. The Bertz CT molecular complexity index is 745. The average Bonchev–Trinajstić information content (AvgIpc) is 2.34. The molecule has 0 aliphatic heterocycles. The molecule has 5 nitrogen and oxygen atoms in total. The summed E-state index contributed by atoms with van der Waals surface area (Å²) in [5.41, 5.74) is 4.54. The molecule has 1 aromatic heterocycles. The minimum absolute atomic E-state index is 0.185. The van der Waals surface area contributed by atoms with Gasteiger partial charge in [0.05, 0.1) is 5.69 Å². The minimum Gasteiger partial charge on any atom is -0.397 e. The molecule has 3 N–H and O–H groups in total. The van der Waals surface area contributed by atoms with Crippen LogP contribution in [0.4, 0.5) is 20.2 Å². The third kappa shape index (κ3) is 3.05. The first kappa shape index (κ1) is 14.7. The van der Waals surface area contributed by atoms with E-state index in [1.807, 2.05) is 4.72 Å². The molecule has 1 heterocycles. The average molecular weight is 364 g/mol. The summed E-state index contributed by atoms with van der Waals surface area (Å²) in [5, 5.41) is 0. The molecular weight excluding hydrogens is 356 g/mol. The molecule has 20 heavy (non-hydrogen) atoms. The molecule has 106 valence electrons. The van der Waals surface area contributed by atoms with Gasteiger partial charge < -0.3 is 5.73 Å². The molecule has 0 aliphatic rings. The first-order valence-corrected chi connectivity index (χ1v) is 7.45. The number of aromatic nitrogens is 1. The summed E-state index contributed by atoms with van der Waals surface area (Å²) in [6.07, 6.45) is 2.48. The van der Waals surface area contributed by atoms with E-state index in [2.05, 4.69) is 20.9 Å². The van der Waals surface area contributed by atoms with Crippen molar-refractivity contribution in [2.45, 2.75) is 4.90 Å². The van der Waals surface area contributed by atoms with Crippen molar-refractivity contribution in [3.63, 3.8) is 0 Å². The number of nitrogens with zero attached hydrogens (tertiary/aromatic N) is 1. The molecule has 9 heteroatoms. The van der Waals surface area contributed by atoms with E-state index in [1.165, 1.54) is 12.3 Å². The van der Waals surface area contributed by atoms with Crippen LogP contribution in [0.3, 0.4) is 0 Å². The number of pyridine rings is 1. The van der Waals surface area contributed by atoms with Gasteiger partial charge in [-0.1, -0.05) is 0 Å². The van der Waals surface area contributed by atoms with Crippen molar-refractivity contribution >= 4 is 37.3 Å². The molecule has 2 aromatic rings. The highest BCUT2D eigenvalue weighted by atomic mass is 79.9. The molecule has 2 rings (SSSR count). The molecule has 0 unspecified atom stereocenters. The number of sulfonamides is 1. The largest absolute Gasteiger partial charge is 0.397 e. The van der Waals surface area contributed by atoms with Crippen LogP contribution in [0.5, 0.6) is 0 Å². The van der Waals surface area contributed by atoms with E-state index in [4.69, 9.17) is 5.73 Å². The van der Waals surface area contributed by atoms with Crippen molar-refractivity contribution in [1.82, 2.24) is 4.98 Å². The molecule has 0 atom stereocenters. The lowest BCUT2D eigenvalue weighted by atomic mass is 10.2. The summed E-state index contributed by atoms with van der Waals surface area (Å²) in [7, 11) is -4.08. The van der Waals surface area contributed by atoms with Gasteiger partial charge in [0.15, 0.2) is 5.82 Å². The molecule has 0 spiro atoms. The van der Waals surface area contributed by atoms with Crippen LogP contribution in [0.1, 0.15) is 0 Å². The molecule has 0 aliphatic carbocycles. The highest BCUT2D eigenvalue weighted by molar-refractivity contribution is 9.10. The third-order valence-corrected chi connectivity index (χ3v) is 4.06. The Hall–Kier alpha value is -1.74. The van der Waals surface area contributed by atoms with E-state index < -0.39 is 27.3 Å². The van der Waals surface area contributed by atoms with Gasteiger partial charge in [0, 0.05) is 22.9 Å². The van der Waals surface area contributed by atoms with Gasteiger partial charge in [-0.3, -0.25) is 9.71 Å². The van der Waals surface area contributed by atoms with E-state index in [0.29, 0.717) is 10.5 Å². The first-order valence-electron chi connectivity index (χ1n) is 5.17. The van der Waals surface area contributed by atoms with Gasteiger partial charge in [-0.15, -0.1) is 0 Å². The zero-order chi connectivity index (χ0) is 14.9. The number of hydrogen-bond donors (Lipinski definition) is 2. The van der Waals surface area contributed by atoms with Crippen LogP contribution in [-0.4, -0.2) is 13.4 Å². The lowest BCUT2D eigenvalue weighted by Crippen LogP contribution is -2.15. The smallest absolute Gasteiger partial charge is 0.263 e. The quantitative estimate of drug-likeness (QED) is 0.820. The predicted octanol–water partition coefficient (Wildman–Crippen LogP) is 2.51. The van der Waals surface area contributed by atoms with Gasteiger partial charge >= 0.3 is 0 Å². The van der Waals surface area contributed by atoms with E-state index in [1.54, 1.807) is 0 Å². The number of rotatable bonds is 3. The van der Waals surface area contributed by atoms with Gasteiger partial charge in [0.25, 0.3) is 10.0 Å². The summed E-state index contributed by atoms with van der Waals surface area (Å²) in [6, 6.07) is 2.64. The van der Waals surface area contributed by atoms with E-state index in [0.717, 1.165) is 12.3 Å². The molecule has 0 bridgehead atoms. The number of hydrogen-bond acceptors (Lipinski definition) is 4. The number of nitrogens with one attached hydrogen (secondary N) is 1. The Labute approximate surface area is 122 Å². The van der Waals surface area contributed by atoms with Crippen molar-refractivity contribution in [2.24, 2.45) is 0 Å². The fourth-order valence-electron chi connectivity index (χ4n) is 1.43. The number of nitrogen functional groups attached to an aromatic ring is 1. The maximum atomic E-state index is 13.6. The number of anilines is 2. The monoisotopic (exact) mass is 363 g/mol.